The Morgan fingerprint density at radius 2 is 2.12 bits per heavy atom. The van der Waals surface area contributed by atoms with E-state index in [1.807, 2.05) is 30.3 Å². The Balaban J connectivity index is 2.60. The van der Waals surface area contributed by atoms with E-state index >= 15 is 0 Å². The number of hydrogen-bond donors (Lipinski definition) is 1. The van der Waals surface area contributed by atoms with Gasteiger partial charge in [-0.3, -0.25) is 4.79 Å². The number of rotatable bonds is 7. The van der Waals surface area contributed by atoms with Crippen molar-refractivity contribution in [2.24, 2.45) is 0 Å². The molecule has 0 heterocycles. The molecule has 0 aliphatic heterocycles. The predicted molar refractivity (Wildman–Crippen MR) is 65.8 cm³/mol. The molecule has 1 N–H and O–H groups in total. The van der Waals surface area contributed by atoms with Crippen molar-refractivity contribution in [1.82, 2.24) is 0 Å². The summed E-state index contributed by atoms with van der Waals surface area (Å²) in [7, 11) is 1.65. The lowest BCUT2D eigenvalue weighted by Crippen LogP contribution is -2.05. The summed E-state index contributed by atoms with van der Waals surface area (Å²) in [5.41, 5.74) is 1.06. The molecule has 1 rings (SSSR count). The van der Waals surface area contributed by atoms with Crippen LogP contribution in [0.25, 0.3) is 0 Å². The van der Waals surface area contributed by atoms with Crippen LogP contribution >= 0.6 is 11.8 Å². The number of benzene rings is 1. The van der Waals surface area contributed by atoms with Gasteiger partial charge in [-0.15, -0.1) is 0 Å². The van der Waals surface area contributed by atoms with Gasteiger partial charge in [0.15, 0.2) is 0 Å². The molecule has 0 radical (unpaired) electrons. The number of carboxylic acid groups (broad SMARTS) is 1. The van der Waals surface area contributed by atoms with E-state index in [0.29, 0.717) is 6.61 Å². The number of methoxy groups -OCH3 is 1. The largest absolute Gasteiger partial charge is 0.481 e. The minimum Gasteiger partial charge on any atom is -0.481 e. The second-order valence-corrected chi connectivity index (χ2v) is 4.67. The number of thioether (sulfide) groups is 1. The minimum absolute atomic E-state index is 0.00819. The molecule has 0 saturated carbocycles. The Labute approximate surface area is 99.8 Å². The van der Waals surface area contributed by atoms with Crippen molar-refractivity contribution in [1.29, 1.82) is 0 Å². The van der Waals surface area contributed by atoms with E-state index in [0.717, 1.165) is 11.3 Å². The lowest BCUT2D eigenvalue weighted by molar-refractivity contribution is -0.137. The zero-order chi connectivity index (χ0) is 11.8. The summed E-state index contributed by atoms with van der Waals surface area (Å²) in [6, 6.07) is 9.73. The molecule has 4 heteroatoms. The van der Waals surface area contributed by atoms with Crippen LogP contribution in [-0.2, 0) is 9.53 Å². The summed E-state index contributed by atoms with van der Waals surface area (Å²) in [5.74, 6) is 0.0438. The van der Waals surface area contributed by atoms with Crippen LogP contribution in [-0.4, -0.2) is 30.5 Å². The monoisotopic (exact) mass is 240 g/mol. The molecular weight excluding hydrogens is 224 g/mol. The fraction of sp³-hybridized carbons (Fsp3) is 0.417. The van der Waals surface area contributed by atoms with Crippen LogP contribution in [0, 0.1) is 0 Å². The SMILES string of the molecule is COCCSC(CC(=O)O)c1ccccc1. The molecule has 0 spiro atoms. The van der Waals surface area contributed by atoms with E-state index in [1.165, 1.54) is 0 Å². The van der Waals surface area contributed by atoms with Crippen molar-refractivity contribution >= 4 is 17.7 Å². The highest BCUT2D eigenvalue weighted by atomic mass is 32.2. The fourth-order valence-electron chi connectivity index (χ4n) is 1.37. The standard InChI is InChI=1S/C12H16O3S/c1-15-7-8-16-11(9-12(13)14)10-5-3-2-4-6-10/h2-6,11H,7-9H2,1H3,(H,13,14). The average Bonchev–Trinajstić information content (AvgIpc) is 2.29. The van der Waals surface area contributed by atoms with Gasteiger partial charge in [-0.1, -0.05) is 30.3 Å². The zero-order valence-electron chi connectivity index (χ0n) is 9.26. The number of ether oxygens (including phenoxy) is 1. The molecular formula is C12H16O3S. The maximum atomic E-state index is 10.8. The van der Waals surface area contributed by atoms with Crippen molar-refractivity contribution in [2.45, 2.75) is 11.7 Å². The van der Waals surface area contributed by atoms with Gasteiger partial charge in [0.25, 0.3) is 0 Å². The molecule has 16 heavy (non-hydrogen) atoms. The highest BCUT2D eigenvalue weighted by molar-refractivity contribution is 7.99. The Bertz CT molecular complexity index is 313. The van der Waals surface area contributed by atoms with Crippen molar-refractivity contribution < 1.29 is 14.6 Å². The maximum absolute atomic E-state index is 10.8. The number of aliphatic carboxylic acids is 1. The van der Waals surface area contributed by atoms with Crippen molar-refractivity contribution in [3.8, 4) is 0 Å². The van der Waals surface area contributed by atoms with E-state index in [1.54, 1.807) is 18.9 Å². The minimum atomic E-state index is -0.765. The van der Waals surface area contributed by atoms with Crippen molar-refractivity contribution in [3.63, 3.8) is 0 Å². The molecule has 0 fully saturated rings. The zero-order valence-corrected chi connectivity index (χ0v) is 10.1. The molecule has 3 nitrogen and oxygen atoms in total. The van der Waals surface area contributed by atoms with Gasteiger partial charge >= 0.3 is 5.97 Å². The van der Waals surface area contributed by atoms with E-state index < -0.39 is 5.97 Å². The van der Waals surface area contributed by atoms with Crippen molar-refractivity contribution in [3.05, 3.63) is 35.9 Å². The number of hydrogen-bond acceptors (Lipinski definition) is 3. The molecule has 0 bridgehead atoms. The van der Waals surface area contributed by atoms with Crippen LogP contribution < -0.4 is 0 Å². The maximum Gasteiger partial charge on any atom is 0.304 e. The van der Waals surface area contributed by atoms with Crippen molar-refractivity contribution in [2.75, 3.05) is 19.5 Å². The first-order valence-corrected chi connectivity index (χ1v) is 6.16. The number of carbonyl (C=O) groups is 1. The third kappa shape index (κ3) is 4.68. The first-order valence-electron chi connectivity index (χ1n) is 5.11. The van der Waals surface area contributed by atoms with E-state index in [4.69, 9.17) is 9.84 Å². The molecule has 1 unspecified atom stereocenters. The first-order chi connectivity index (χ1) is 7.74. The van der Waals surface area contributed by atoms with Gasteiger partial charge in [-0.25, -0.2) is 0 Å². The fourth-order valence-corrected chi connectivity index (χ4v) is 2.53. The highest BCUT2D eigenvalue weighted by Crippen LogP contribution is 2.31. The third-order valence-electron chi connectivity index (χ3n) is 2.14. The van der Waals surface area contributed by atoms with Gasteiger partial charge in [-0.2, -0.15) is 11.8 Å². The van der Waals surface area contributed by atoms with Crippen LogP contribution in [0.15, 0.2) is 30.3 Å². The van der Waals surface area contributed by atoms with Crippen LogP contribution in [0.4, 0.5) is 0 Å². The summed E-state index contributed by atoms with van der Waals surface area (Å²) in [4.78, 5) is 10.8. The molecule has 1 atom stereocenters. The Morgan fingerprint density at radius 3 is 2.69 bits per heavy atom. The van der Waals surface area contributed by atoms with Gasteiger partial charge < -0.3 is 9.84 Å². The smallest absolute Gasteiger partial charge is 0.304 e. The molecule has 0 saturated heterocycles. The van der Waals surface area contributed by atoms with Crippen LogP contribution in [0.2, 0.25) is 0 Å². The highest BCUT2D eigenvalue weighted by Gasteiger charge is 2.15. The topological polar surface area (TPSA) is 46.5 Å². The lowest BCUT2D eigenvalue weighted by Gasteiger charge is -2.14. The first kappa shape index (κ1) is 13.1. The Morgan fingerprint density at radius 1 is 1.44 bits per heavy atom. The summed E-state index contributed by atoms with van der Waals surface area (Å²) in [5, 5.41) is 8.87. The summed E-state index contributed by atoms with van der Waals surface area (Å²) < 4.78 is 4.96. The van der Waals surface area contributed by atoms with Crippen LogP contribution in [0.5, 0.6) is 0 Å². The summed E-state index contributed by atoms with van der Waals surface area (Å²) >= 11 is 1.62. The van der Waals surface area contributed by atoms with Gasteiger partial charge in [-0.05, 0) is 5.56 Å². The molecule has 88 valence electrons. The van der Waals surface area contributed by atoms with Crippen LogP contribution in [0.1, 0.15) is 17.2 Å². The molecule has 1 aromatic rings. The van der Waals surface area contributed by atoms with E-state index in [9.17, 15) is 4.79 Å². The summed E-state index contributed by atoms with van der Waals surface area (Å²) in [6.45, 7) is 0.646. The number of carboxylic acids is 1. The van der Waals surface area contributed by atoms with Gasteiger partial charge in [0, 0.05) is 18.1 Å². The lowest BCUT2D eigenvalue weighted by atomic mass is 10.1. The third-order valence-corrected chi connectivity index (χ3v) is 3.38. The molecule has 0 amide bonds. The molecule has 0 aliphatic carbocycles. The molecule has 0 aromatic heterocycles. The second kappa shape index (κ2) is 7.30. The molecule has 0 aliphatic rings. The Hall–Kier alpha value is -1.00. The van der Waals surface area contributed by atoms with Gasteiger partial charge in [0.2, 0.25) is 0 Å². The van der Waals surface area contributed by atoms with Gasteiger partial charge in [0.1, 0.15) is 0 Å². The normalized spacial score (nSPS) is 12.3. The van der Waals surface area contributed by atoms with Gasteiger partial charge in [0.05, 0.1) is 13.0 Å². The molecule has 1 aromatic carbocycles. The second-order valence-electron chi connectivity index (χ2n) is 3.36. The van der Waals surface area contributed by atoms with Crippen LogP contribution in [0.3, 0.4) is 0 Å². The summed E-state index contributed by atoms with van der Waals surface area (Å²) in [6.07, 6.45) is 0.151. The average molecular weight is 240 g/mol. The van der Waals surface area contributed by atoms with E-state index in [2.05, 4.69) is 0 Å². The Kier molecular flexibility index (Phi) is 5.96. The quantitative estimate of drug-likeness (QED) is 0.744. The van der Waals surface area contributed by atoms with E-state index in [-0.39, 0.29) is 11.7 Å². The predicted octanol–water partition coefficient (Wildman–Crippen LogP) is 2.58.